The largest absolute Gasteiger partial charge is 0.381 e. The van der Waals surface area contributed by atoms with Crippen LogP contribution in [0.3, 0.4) is 0 Å². The van der Waals surface area contributed by atoms with Crippen LogP contribution in [0.2, 0.25) is 0 Å². The molecular weight excluding hydrogens is 440 g/mol. The summed E-state index contributed by atoms with van der Waals surface area (Å²) >= 11 is 0. The number of ether oxygens (including phenoxy) is 1. The number of nitrogens with zero attached hydrogens (tertiary/aromatic N) is 6. The minimum absolute atomic E-state index is 0.223. The van der Waals surface area contributed by atoms with Crippen molar-refractivity contribution in [3.05, 3.63) is 47.4 Å². The van der Waals surface area contributed by atoms with Crippen LogP contribution in [-0.2, 0) is 36.0 Å². The van der Waals surface area contributed by atoms with Gasteiger partial charge in [0.15, 0.2) is 5.82 Å². The van der Waals surface area contributed by atoms with Crippen LogP contribution in [0, 0.1) is 0 Å². The monoisotopic (exact) mass is 474 g/mol. The maximum atomic E-state index is 12.6. The second kappa shape index (κ2) is 9.15. The fourth-order valence-electron chi connectivity index (χ4n) is 5.88. The van der Waals surface area contributed by atoms with Gasteiger partial charge in [-0.25, -0.2) is 0 Å². The lowest BCUT2D eigenvalue weighted by Gasteiger charge is -2.33. The molecule has 3 aliphatic heterocycles. The first kappa shape index (κ1) is 22.3. The maximum absolute atomic E-state index is 12.6. The number of aromatic nitrogens is 4. The fraction of sp³-hybridized carbons (Fsp3) is 0.519. The summed E-state index contributed by atoms with van der Waals surface area (Å²) < 4.78 is 9.77. The summed E-state index contributed by atoms with van der Waals surface area (Å²) in [5.41, 5.74) is 7.47. The molecule has 0 spiro atoms. The van der Waals surface area contributed by atoms with E-state index in [-0.39, 0.29) is 5.91 Å². The van der Waals surface area contributed by atoms with Gasteiger partial charge in [0.05, 0.1) is 18.8 Å². The van der Waals surface area contributed by atoms with Crippen LogP contribution in [0.25, 0.3) is 11.1 Å². The van der Waals surface area contributed by atoms with Crippen LogP contribution in [0.4, 0.5) is 11.5 Å². The van der Waals surface area contributed by atoms with Gasteiger partial charge >= 0.3 is 0 Å². The third-order valence-corrected chi connectivity index (χ3v) is 7.75. The van der Waals surface area contributed by atoms with E-state index >= 15 is 0 Å². The topological polar surface area (TPSA) is 68.4 Å². The highest BCUT2D eigenvalue weighted by Crippen LogP contribution is 2.40. The number of carbonyl (C=O) groups is 1. The molecule has 1 saturated heterocycles. The molecule has 0 unspecified atom stereocenters. The predicted molar refractivity (Wildman–Crippen MR) is 135 cm³/mol. The quantitative estimate of drug-likeness (QED) is 0.572. The number of rotatable bonds is 4. The van der Waals surface area contributed by atoms with E-state index in [2.05, 4.69) is 39.1 Å². The Bertz CT molecular complexity index is 1240. The van der Waals surface area contributed by atoms with Gasteiger partial charge in [-0.3, -0.25) is 14.2 Å². The molecule has 0 N–H and O–H groups in total. The highest BCUT2D eigenvalue weighted by atomic mass is 16.5. The molecule has 0 saturated carbocycles. The molecule has 3 aromatic rings. The van der Waals surface area contributed by atoms with Gasteiger partial charge in [-0.15, -0.1) is 0 Å². The van der Waals surface area contributed by atoms with Crippen LogP contribution in [0.1, 0.15) is 55.5 Å². The van der Waals surface area contributed by atoms with Gasteiger partial charge in [0, 0.05) is 74.9 Å². The van der Waals surface area contributed by atoms with Crippen molar-refractivity contribution < 1.29 is 9.53 Å². The van der Waals surface area contributed by atoms with Crippen molar-refractivity contribution in [1.82, 2.24) is 24.5 Å². The SMILES string of the molecule is CCC(=O)N1CCc2c(c(N3CCCc4cc(-c5cnn(C)c5)ccc43)nn2C2CCOCC2)C1. The zero-order valence-electron chi connectivity index (χ0n) is 20.7. The Kier molecular flexibility index (Phi) is 5.84. The minimum atomic E-state index is 0.223. The summed E-state index contributed by atoms with van der Waals surface area (Å²) in [4.78, 5) is 17.0. The molecule has 0 atom stereocenters. The van der Waals surface area contributed by atoms with E-state index in [1.807, 2.05) is 29.7 Å². The average Bonchev–Trinajstić information content (AvgIpc) is 3.51. The van der Waals surface area contributed by atoms with Gasteiger partial charge in [-0.05, 0) is 48.9 Å². The van der Waals surface area contributed by atoms with E-state index in [0.29, 0.717) is 19.0 Å². The van der Waals surface area contributed by atoms with Crippen LogP contribution in [0.5, 0.6) is 0 Å². The highest BCUT2D eigenvalue weighted by Gasteiger charge is 2.33. The summed E-state index contributed by atoms with van der Waals surface area (Å²) in [5, 5.41) is 9.62. The van der Waals surface area contributed by atoms with Crippen molar-refractivity contribution >= 4 is 17.4 Å². The van der Waals surface area contributed by atoms with Crippen molar-refractivity contribution in [2.45, 2.75) is 58.0 Å². The maximum Gasteiger partial charge on any atom is 0.222 e. The fourth-order valence-corrected chi connectivity index (χ4v) is 5.88. The zero-order valence-corrected chi connectivity index (χ0v) is 20.7. The summed E-state index contributed by atoms with van der Waals surface area (Å²) in [7, 11) is 1.95. The van der Waals surface area contributed by atoms with Crippen LogP contribution in [-0.4, -0.2) is 56.7 Å². The molecule has 2 aromatic heterocycles. The van der Waals surface area contributed by atoms with Gasteiger partial charge in [-0.1, -0.05) is 13.0 Å². The second-order valence-corrected chi connectivity index (χ2v) is 9.96. The van der Waals surface area contributed by atoms with Crippen molar-refractivity contribution in [2.24, 2.45) is 7.05 Å². The standard InChI is InChI=1S/C27H34N6O2/c1-3-26(34)31-12-8-25-23(18-31)27(29-33(25)22-9-13-35-14-10-22)32-11-4-5-20-15-19(6-7-24(20)32)21-16-28-30(2)17-21/h6-7,15-17,22H,3-5,8-14,18H2,1-2H3. The molecule has 35 heavy (non-hydrogen) atoms. The van der Waals surface area contributed by atoms with Gasteiger partial charge in [0.1, 0.15) is 0 Å². The second-order valence-electron chi connectivity index (χ2n) is 9.96. The van der Waals surface area contributed by atoms with E-state index in [9.17, 15) is 4.79 Å². The number of benzene rings is 1. The number of carbonyl (C=O) groups excluding carboxylic acids is 1. The van der Waals surface area contributed by atoms with E-state index in [4.69, 9.17) is 9.84 Å². The molecule has 0 bridgehead atoms. The van der Waals surface area contributed by atoms with E-state index in [0.717, 1.165) is 69.8 Å². The molecule has 6 rings (SSSR count). The van der Waals surface area contributed by atoms with Crippen molar-refractivity contribution in [3.8, 4) is 11.1 Å². The third kappa shape index (κ3) is 4.03. The Morgan fingerprint density at radius 1 is 1.14 bits per heavy atom. The van der Waals surface area contributed by atoms with Gasteiger partial charge in [-0.2, -0.15) is 10.2 Å². The van der Waals surface area contributed by atoms with Gasteiger partial charge < -0.3 is 14.5 Å². The summed E-state index contributed by atoms with van der Waals surface area (Å²) in [5.74, 6) is 1.26. The number of hydrogen-bond donors (Lipinski definition) is 0. The molecule has 1 aromatic carbocycles. The third-order valence-electron chi connectivity index (χ3n) is 7.75. The first-order valence-electron chi connectivity index (χ1n) is 13.0. The van der Waals surface area contributed by atoms with Gasteiger partial charge in [0.25, 0.3) is 0 Å². The smallest absolute Gasteiger partial charge is 0.222 e. The van der Waals surface area contributed by atoms with E-state index in [1.54, 1.807) is 0 Å². The lowest BCUT2D eigenvalue weighted by molar-refractivity contribution is -0.131. The first-order valence-corrected chi connectivity index (χ1v) is 13.0. The Labute approximate surface area is 206 Å². The normalized spacial score (nSPS) is 18.5. The molecule has 184 valence electrons. The summed E-state index contributed by atoms with van der Waals surface area (Å²) in [6.07, 6.45) is 9.53. The van der Waals surface area contributed by atoms with E-state index < -0.39 is 0 Å². The Balaban J connectivity index is 1.40. The van der Waals surface area contributed by atoms with Crippen LogP contribution >= 0.6 is 0 Å². The Morgan fingerprint density at radius 2 is 2.00 bits per heavy atom. The molecule has 1 fully saturated rings. The predicted octanol–water partition coefficient (Wildman–Crippen LogP) is 4.01. The highest BCUT2D eigenvalue weighted by molar-refractivity contribution is 5.77. The lowest BCUT2D eigenvalue weighted by atomic mass is 9.96. The Morgan fingerprint density at radius 3 is 2.77 bits per heavy atom. The molecule has 8 nitrogen and oxygen atoms in total. The molecule has 5 heterocycles. The number of anilines is 2. The van der Waals surface area contributed by atoms with Crippen LogP contribution < -0.4 is 4.90 Å². The minimum Gasteiger partial charge on any atom is -0.381 e. The van der Waals surface area contributed by atoms with Crippen LogP contribution in [0.15, 0.2) is 30.6 Å². The van der Waals surface area contributed by atoms with E-state index in [1.165, 1.54) is 28.1 Å². The summed E-state index contributed by atoms with van der Waals surface area (Å²) in [6, 6.07) is 7.13. The molecule has 8 heteroatoms. The number of amides is 1. The lowest BCUT2D eigenvalue weighted by Crippen LogP contribution is -2.37. The zero-order chi connectivity index (χ0) is 23.9. The molecule has 0 aliphatic carbocycles. The van der Waals surface area contributed by atoms with Gasteiger partial charge in [0.2, 0.25) is 5.91 Å². The van der Waals surface area contributed by atoms with Crippen molar-refractivity contribution in [1.29, 1.82) is 0 Å². The number of hydrogen-bond acceptors (Lipinski definition) is 5. The molecule has 0 radical (unpaired) electrons. The Hall–Kier alpha value is -3.13. The van der Waals surface area contributed by atoms with Crippen molar-refractivity contribution in [3.63, 3.8) is 0 Å². The average molecular weight is 475 g/mol. The first-order chi connectivity index (χ1) is 17.1. The summed E-state index contributed by atoms with van der Waals surface area (Å²) in [6.45, 7) is 5.90. The molecular formula is C27H34N6O2. The molecule has 3 aliphatic rings. The number of aryl methyl sites for hydroxylation is 2. The molecule has 1 amide bonds. The van der Waals surface area contributed by atoms with Crippen molar-refractivity contribution in [2.75, 3.05) is 31.2 Å². The number of fused-ring (bicyclic) bond motifs is 2.